The number of rotatable bonds is 2. The molecule has 7 nitrogen and oxygen atoms in total. The molecule has 0 atom stereocenters. The van der Waals surface area contributed by atoms with E-state index in [0.717, 1.165) is 11.3 Å². The van der Waals surface area contributed by atoms with Crippen LogP contribution in [-0.4, -0.2) is 28.2 Å². The lowest BCUT2D eigenvalue weighted by Gasteiger charge is -2.23. The van der Waals surface area contributed by atoms with Crippen molar-refractivity contribution < 1.29 is 17.3 Å². The molecule has 0 radical (unpaired) electrons. The summed E-state index contributed by atoms with van der Waals surface area (Å²) >= 11 is 6.26. The second-order valence-electron chi connectivity index (χ2n) is 6.42. The van der Waals surface area contributed by atoms with Crippen molar-refractivity contribution in [2.45, 2.75) is 39.2 Å². The van der Waals surface area contributed by atoms with Crippen molar-refractivity contribution >= 4 is 38.7 Å². The van der Waals surface area contributed by atoms with Gasteiger partial charge in [-0.2, -0.15) is 8.42 Å². The molecule has 1 aromatic heterocycles. The van der Waals surface area contributed by atoms with Crippen LogP contribution >= 0.6 is 11.6 Å². The van der Waals surface area contributed by atoms with Gasteiger partial charge in [-0.1, -0.05) is 37.5 Å². The van der Waals surface area contributed by atoms with E-state index in [4.69, 9.17) is 16.2 Å². The van der Waals surface area contributed by atoms with Crippen molar-refractivity contribution in [3.05, 3.63) is 28.5 Å². The molecule has 1 aliphatic heterocycles. The molecule has 0 amide bonds. The first kappa shape index (κ1) is 16.2. The van der Waals surface area contributed by atoms with Crippen LogP contribution < -0.4 is 0 Å². The smallest absolute Gasteiger partial charge is 0.327 e. The fourth-order valence-electron chi connectivity index (χ4n) is 2.77. The van der Waals surface area contributed by atoms with E-state index in [1.165, 1.54) is 0 Å². The summed E-state index contributed by atoms with van der Waals surface area (Å²) in [4.78, 5) is 4.67. The highest BCUT2D eigenvalue weighted by Gasteiger charge is 2.29. The fraction of sp³-hybridized carbons (Fsp3) is 0.429. The molecule has 0 fully saturated rings. The topological polar surface area (TPSA) is 93.8 Å². The molecule has 0 bridgehead atoms. The number of imidazole rings is 1. The van der Waals surface area contributed by atoms with Gasteiger partial charge in [-0.05, 0) is 12.1 Å². The summed E-state index contributed by atoms with van der Waals surface area (Å²) in [5, 5.41) is 4.09. The van der Waals surface area contributed by atoms with E-state index >= 15 is 0 Å². The molecule has 0 unspecified atom stereocenters. The first-order chi connectivity index (χ1) is 10.6. The maximum atomic E-state index is 10.7. The van der Waals surface area contributed by atoms with Crippen LogP contribution in [0, 0.1) is 0 Å². The van der Waals surface area contributed by atoms with E-state index in [2.05, 4.69) is 39.8 Å². The highest BCUT2D eigenvalue weighted by atomic mass is 35.5. The van der Waals surface area contributed by atoms with Gasteiger partial charge in [0, 0.05) is 23.9 Å². The molecule has 0 saturated heterocycles. The summed E-state index contributed by atoms with van der Waals surface area (Å²) in [6.45, 7) is 6.77. The molecule has 0 saturated carbocycles. The Morgan fingerprint density at radius 2 is 2.09 bits per heavy atom. The first-order valence-corrected chi connectivity index (χ1v) is 8.75. The van der Waals surface area contributed by atoms with Gasteiger partial charge in [0.1, 0.15) is 11.3 Å². The minimum atomic E-state index is -4.63. The quantitative estimate of drug-likeness (QED) is 0.658. The SMILES string of the molecule is CC(C)(C)c1nc2c(Cl)ccc3c2n1CC/C3=N/OS(=O)(=O)O. The molecule has 9 heteroatoms. The Hall–Kier alpha value is -1.64. The highest BCUT2D eigenvalue weighted by molar-refractivity contribution is 7.80. The zero-order valence-electron chi connectivity index (χ0n) is 12.9. The zero-order valence-corrected chi connectivity index (χ0v) is 14.4. The summed E-state index contributed by atoms with van der Waals surface area (Å²) in [5.41, 5.74) is 2.40. The van der Waals surface area contributed by atoms with Gasteiger partial charge < -0.3 is 4.57 Å². The molecule has 2 aromatic rings. The van der Waals surface area contributed by atoms with Crippen LogP contribution in [0.25, 0.3) is 11.0 Å². The van der Waals surface area contributed by atoms with E-state index in [0.29, 0.717) is 34.8 Å². The molecule has 124 valence electrons. The van der Waals surface area contributed by atoms with Crippen molar-refractivity contribution in [3.8, 4) is 0 Å². The molecule has 23 heavy (non-hydrogen) atoms. The van der Waals surface area contributed by atoms with Crippen molar-refractivity contribution in [1.29, 1.82) is 0 Å². The number of aromatic nitrogens is 2. The van der Waals surface area contributed by atoms with Crippen LogP contribution in [0.3, 0.4) is 0 Å². The Morgan fingerprint density at radius 3 is 2.70 bits per heavy atom. The maximum Gasteiger partial charge on any atom is 0.466 e. The summed E-state index contributed by atoms with van der Waals surface area (Å²) < 4.78 is 36.4. The van der Waals surface area contributed by atoms with Crippen molar-refractivity contribution in [2.24, 2.45) is 5.16 Å². The van der Waals surface area contributed by atoms with Crippen molar-refractivity contribution in [3.63, 3.8) is 0 Å². The van der Waals surface area contributed by atoms with Crippen molar-refractivity contribution in [1.82, 2.24) is 9.55 Å². The van der Waals surface area contributed by atoms with Crippen LogP contribution in [0.4, 0.5) is 0 Å². The molecule has 3 rings (SSSR count). The molecule has 0 aliphatic carbocycles. The van der Waals surface area contributed by atoms with E-state index in [9.17, 15) is 8.42 Å². The number of aryl methyl sites for hydroxylation is 1. The summed E-state index contributed by atoms with van der Waals surface area (Å²) in [5.74, 6) is 0.900. The molecule has 2 heterocycles. The van der Waals surface area contributed by atoms with E-state index in [1.54, 1.807) is 12.1 Å². The third-order valence-electron chi connectivity index (χ3n) is 3.64. The second kappa shape index (κ2) is 5.19. The lowest BCUT2D eigenvalue weighted by molar-refractivity contribution is 0.281. The van der Waals surface area contributed by atoms with Crippen LogP contribution in [0.5, 0.6) is 0 Å². The summed E-state index contributed by atoms with van der Waals surface area (Å²) in [6.07, 6.45) is 0.457. The molecule has 1 N–H and O–H groups in total. The van der Waals surface area contributed by atoms with Gasteiger partial charge >= 0.3 is 10.4 Å². The third-order valence-corrected chi connectivity index (χ3v) is 4.21. The van der Waals surface area contributed by atoms with E-state index < -0.39 is 10.4 Å². The Balaban J connectivity index is 2.25. The Morgan fingerprint density at radius 1 is 1.39 bits per heavy atom. The van der Waals surface area contributed by atoms with Gasteiger partial charge in [0.05, 0.1) is 16.3 Å². The number of halogens is 1. The third kappa shape index (κ3) is 2.93. The van der Waals surface area contributed by atoms with E-state index in [-0.39, 0.29) is 5.41 Å². The number of oxime groups is 1. The number of hydrogen-bond acceptors (Lipinski definition) is 5. The lowest BCUT2D eigenvalue weighted by Crippen LogP contribution is -2.23. The standard InChI is InChI=1S/C14H16ClN3O4S/c1-14(2,3)13-16-11-9(15)5-4-8-10(17-22-23(19,20)21)6-7-18(13)12(8)11/h4-5H,6-7H2,1-3H3,(H,19,20,21)/b17-10-. The average molecular weight is 358 g/mol. The van der Waals surface area contributed by atoms with Gasteiger partial charge in [-0.15, -0.1) is 0 Å². The number of benzene rings is 1. The minimum Gasteiger partial charge on any atom is -0.327 e. The first-order valence-electron chi connectivity index (χ1n) is 7.00. The second-order valence-corrected chi connectivity index (χ2v) is 7.83. The lowest BCUT2D eigenvalue weighted by atomic mass is 9.95. The normalized spacial score (nSPS) is 17.0. The summed E-state index contributed by atoms with van der Waals surface area (Å²) in [7, 11) is -4.63. The molecular weight excluding hydrogens is 342 g/mol. The van der Waals surface area contributed by atoms with Gasteiger partial charge in [-0.25, -0.2) is 9.27 Å². The van der Waals surface area contributed by atoms with Crippen LogP contribution in [0.2, 0.25) is 5.02 Å². The monoisotopic (exact) mass is 357 g/mol. The molecular formula is C14H16ClN3O4S. The van der Waals surface area contributed by atoms with Crippen LogP contribution in [-0.2, 0) is 26.6 Å². The van der Waals surface area contributed by atoms with Gasteiger partial charge in [0.2, 0.25) is 0 Å². The largest absolute Gasteiger partial charge is 0.466 e. The fourth-order valence-corrected chi connectivity index (χ4v) is 3.15. The van der Waals surface area contributed by atoms with Gasteiger partial charge in [-0.3, -0.25) is 4.55 Å². The highest BCUT2D eigenvalue weighted by Crippen LogP contribution is 2.35. The molecule has 0 spiro atoms. The average Bonchev–Trinajstić information content (AvgIpc) is 2.81. The number of hydrogen-bond donors (Lipinski definition) is 1. The summed E-state index contributed by atoms with van der Waals surface area (Å²) in [6, 6.07) is 3.44. The Kier molecular flexibility index (Phi) is 3.66. The molecule has 1 aromatic carbocycles. The van der Waals surface area contributed by atoms with Crippen molar-refractivity contribution in [2.75, 3.05) is 0 Å². The maximum absolute atomic E-state index is 10.7. The van der Waals surface area contributed by atoms with Gasteiger partial charge in [0.15, 0.2) is 0 Å². The van der Waals surface area contributed by atoms with E-state index in [1.807, 2.05) is 0 Å². The predicted octanol–water partition coefficient (Wildman–Crippen LogP) is 2.91. The zero-order chi connectivity index (χ0) is 17.0. The van der Waals surface area contributed by atoms with Crippen LogP contribution in [0.1, 0.15) is 38.6 Å². The van der Waals surface area contributed by atoms with Gasteiger partial charge in [0.25, 0.3) is 0 Å². The van der Waals surface area contributed by atoms with Crippen LogP contribution in [0.15, 0.2) is 17.3 Å². The molecule has 1 aliphatic rings. The minimum absolute atomic E-state index is 0.167. The Bertz CT molecular complexity index is 926. The Labute approximate surface area is 138 Å². The predicted molar refractivity (Wildman–Crippen MR) is 87.2 cm³/mol. The number of nitrogens with zero attached hydrogens (tertiary/aromatic N) is 3.